The molecule has 1 saturated carbocycles. The van der Waals surface area contributed by atoms with Gasteiger partial charge in [-0.25, -0.2) is 0 Å². The van der Waals surface area contributed by atoms with Gasteiger partial charge in [-0.05, 0) is 25.1 Å². The van der Waals surface area contributed by atoms with Gasteiger partial charge in [-0.2, -0.15) is 0 Å². The van der Waals surface area contributed by atoms with Crippen LogP contribution in [0.3, 0.4) is 0 Å². The van der Waals surface area contributed by atoms with Crippen molar-refractivity contribution < 1.29 is 9.47 Å². The number of rotatable bonds is 5. The molecule has 0 spiro atoms. The van der Waals surface area contributed by atoms with Gasteiger partial charge >= 0.3 is 0 Å². The van der Waals surface area contributed by atoms with E-state index in [9.17, 15) is 0 Å². The number of methoxy groups -OCH3 is 1. The third kappa shape index (κ3) is 2.80. The van der Waals surface area contributed by atoms with Crippen LogP contribution >= 0.6 is 11.6 Å². The molecule has 0 saturated heterocycles. The molecule has 3 atom stereocenters. The second kappa shape index (κ2) is 5.83. The first-order valence-corrected chi connectivity index (χ1v) is 6.19. The number of hydrogen-bond donors (Lipinski definition) is 1. The van der Waals surface area contributed by atoms with E-state index in [1.54, 1.807) is 7.11 Å². The molecule has 17 heavy (non-hydrogen) atoms. The van der Waals surface area contributed by atoms with E-state index in [1.165, 1.54) is 0 Å². The van der Waals surface area contributed by atoms with E-state index in [2.05, 4.69) is 5.32 Å². The molecular weight excluding hydrogens is 238 g/mol. The standard InChI is InChI=1S/C13H18ClNO2/c1-15-11-7-12(13(11)16-2)17-8-9-5-3-4-6-10(9)14/h3-6,11-13,15H,7-8H2,1-2H3. The van der Waals surface area contributed by atoms with Crippen LogP contribution in [-0.4, -0.2) is 32.4 Å². The summed E-state index contributed by atoms with van der Waals surface area (Å²) in [6, 6.07) is 8.15. The molecule has 94 valence electrons. The van der Waals surface area contributed by atoms with Crippen LogP contribution in [0.1, 0.15) is 12.0 Å². The fourth-order valence-corrected chi connectivity index (χ4v) is 2.35. The Labute approximate surface area is 107 Å². The van der Waals surface area contributed by atoms with Gasteiger partial charge in [0.25, 0.3) is 0 Å². The van der Waals surface area contributed by atoms with Crippen molar-refractivity contribution in [3.63, 3.8) is 0 Å². The molecule has 1 aliphatic carbocycles. The maximum atomic E-state index is 6.07. The van der Waals surface area contributed by atoms with Gasteiger partial charge in [-0.3, -0.25) is 0 Å². The average Bonchev–Trinajstić information content (AvgIpc) is 2.31. The van der Waals surface area contributed by atoms with Gasteiger partial charge < -0.3 is 14.8 Å². The molecular formula is C13H18ClNO2. The molecule has 3 unspecified atom stereocenters. The summed E-state index contributed by atoms with van der Waals surface area (Å²) in [5.74, 6) is 0. The van der Waals surface area contributed by atoms with Gasteiger partial charge in [0.2, 0.25) is 0 Å². The summed E-state index contributed by atoms with van der Waals surface area (Å²) in [6.45, 7) is 0.542. The highest BCUT2D eigenvalue weighted by atomic mass is 35.5. The minimum atomic E-state index is 0.141. The fraction of sp³-hybridized carbons (Fsp3) is 0.538. The van der Waals surface area contributed by atoms with Crippen molar-refractivity contribution in [2.75, 3.05) is 14.2 Å². The molecule has 0 aliphatic heterocycles. The van der Waals surface area contributed by atoms with Crippen molar-refractivity contribution >= 4 is 11.6 Å². The van der Waals surface area contributed by atoms with Crippen LogP contribution in [0.2, 0.25) is 5.02 Å². The van der Waals surface area contributed by atoms with Crippen molar-refractivity contribution in [3.8, 4) is 0 Å². The van der Waals surface area contributed by atoms with Crippen LogP contribution in [0.25, 0.3) is 0 Å². The molecule has 0 radical (unpaired) electrons. The van der Waals surface area contributed by atoms with Crippen LogP contribution in [-0.2, 0) is 16.1 Å². The molecule has 1 N–H and O–H groups in total. The Bertz CT molecular complexity index is 372. The predicted molar refractivity (Wildman–Crippen MR) is 68.3 cm³/mol. The lowest BCUT2D eigenvalue weighted by Gasteiger charge is -2.43. The SMILES string of the molecule is CNC1CC(OCc2ccccc2Cl)C1OC. The summed E-state index contributed by atoms with van der Waals surface area (Å²) in [5.41, 5.74) is 1.02. The molecule has 0 aromatic heterocycles. The molecule has 0 bridgehead atoms. The summed E-state index contributed by atoms with van der Waals surface area (Å²) in [5, 5.41) is 3.97. The molecule has 0 amide bonds. The minimum absolute atomic E-state index is 0.141. The third-order valence-corrected chi connectivity index (χ3v) is 3.67. The van der Waals surface area contributed by atoms with Crippen molar-refractivity contribution in [3.05, 3.63) is 34.9 Å². The van der Waals surface area contributed by atoms with E-state index in [-0.39, 0.29) is 12.2 Å². The normalized spacial score (nSPS) is 27.8. The number of benzene rings is 1. The monoisotopic (exact) mass is 255 g/mol. The Morgan fingerprint density at radius 2 is 2.18 bits per heavy atom. The maximum absolute atomic E-state index is 6.07. The summed E-state index contributed by atoms with van der Waals surface area (Å²) >= 11 is 6.07. The number of halogens is 1. The Morgan fingerprint density at radius 3 is 2.82 bits per heavy atom. The van der Waals surface area contributed by atoms with Gasteiger partial charge in [0, 0.05) is 18.2 Å². The molecule has 3 nitrogen and oxygen atoms in total. The molecule has 1 aromatic carbocycles. The summed E-state index contributed by atoms with van der Waals surface area (Å²) < 4.78 is 11.2. The largest absolute Gasteiger partial charge is 0.377 e. The number of hydrogen-bond acceptors (Lipinski definition) is 3. The second-order valence-electron chi connectivity index (χ2n) is 4.27. The van der Waals surface area contributed by atoms with Crippen LogP contribution in [0.15, 0.2) is 24.3 Å². The van der Waals surface area contributed by atoms with E-state index in [0.717, 1.165) is 17.0 Å². The smallest absolute Gasteiger partial charge is 0.0986 e. The quantitative estimate of drug-likeness (QED) is 0.875. The van der Waals surface area contributed by atoms with E-state index < -0.39 is 0 Å². The van der Waals surface area contributed by atoms with Gasteiger partial charge in [-0.15, -0.1) is 0 Å². The number of ether oxygens (including phenoxy) is 2. The lowest BCUT2D eigenvalue weighted by atomic mass is 9.85. The predicted octanol–water partition coefficient (Wildman–Crippen LogP) is 2.23. The zero-order chi connectivity index (χ0) is 12.3. The zero-order valence-corrected chi connectivity index (χ0v) is 10.9. The van der Waals surface area contributed by atoms with Crippen LogP contribution in [0, 0.1) is 0 Å². The molecule has 4 heteroatoms. The van der Waals surface area contributed by atoms with E-state index >= 15 is 0 Å². The first-order chi connectivity index (χ1) is 8.26. The summed E-state index contributed by atoms with van der Waals surface area (Å²) in [7, 11) is 3.67. The minimum Gasteiger partial charge on any atom is -0.377 e. The first kappa shape index (κ1) is 12.8. The van der Waals surface area contributed by atoms with Crippen LogP contribution in [0.5, 0.6) is 0 Å². The van der Waals surface area contributed by atoms with Crippen molar-refractivity contribution in [1.82, 2.24) is 5.32 Å². The summed E-state index contributed by atoms with van der Waals surface area (Å²) in [4.78, 5) is 0. The van der Waals surface area contributed by atoms with Gasteiger partial charge in [0.05, 0.1) is 18.8 Å². The van der Waals surface area contributed by atoms with E-state index in [1.807, 2.05) is 31.3 Å². The Balaban J connectivity index is 1.86. The fourth-order valence-electron chi connectivity index (χ4n) is 2.16. The Hall–Kier alpha value is -0.610. The van der Waals surface area contributed by atoms with Gasteiger partial charge in [0.1, 0.15) is 0 Å². The van der Waals surface area contributed by atoms with Crippen molar-refractivity contribution in [1.29, 1.82) is 0 Å². The van der Waals surface area contributed by atoms with Gasteiger partial charge in [-0.1, -0.05) is 29.8 Å². The zero-order valence-electron chi connectivity index (χ0n) is 10.2. The highest BCUT2D eigenvalue weighted by molar-refractivity contribution is 6.31. The highest BCUT2D eigenvalue weighted by Gasteiger charge is 2.41. The second-order valence-corrected chi connectivity index (χ2v) is 4.68. The van der Waals surface area contributed by atoms with E-state index in [0.29, 0.717) is 12.6 Å². The molecule has 1 aromatic rings. The van der Waals surface area contributed by atoms with Crippen molar-refractivity contribution in [2.45, 2.75) is 31.3 Å². The van der Waals surface area contributed by atoms with Crippen LogP contribution in [0.4, 0.5) is 0 Å². The Kier molecular flexibility index (Phi) is 4.40. The van der Waals surface area contributed by atoms with Crippen molar-refractivity contribution in [2.24, 2.45) is 0 Å². The molecule has 0 heterocycles. The topological polar surface area (TPSA) is 30.5 Å². The van der Waals surface area contributed by atoms with Gasteiger partial charge in [0.15, 0.2) is 0 Å². The highest BCUT2D eigenvalue weighted by Crippen LogP contribution is 2.28. The molecule has 1 fully saturated rings. The summed E-state index contributed by atoms with van der Waals surface area (Å²) in [6.07, 6.45) is 1.29. The average molecular weight is 256 g/mol. The lowest BCUT2D eigenvalue weighted by molar-refractivity contribution is -0.138. The maximum Gasteiger partial charge on any atom is 0.0986 e. The lowest BCUT2D eigenvalue weighted by Crippen LogP contribution is -2.58. The van der Waals surface area contributed by atoms with Crippen LogP contribution < -0.4 is 5.32 Å². The van der Waals surface area contributed by atoms with E-state index in [4.69, 9.17) is 21.1 Å². The molecule has 2 rings (SSSR count). The first-order valence-electron chi connectivity index (χ1n) is 5.81. The number of likely N-dealkylation sites (N-methyl/N-ethyl adjacent to an activating group) is 1. The third-order valence-electron chi connectivity index (χ3n) is 3.30. The number of nitrogens with one attached hydrogen (secondary N) is 1. The Morgan fingerprint density at radius 1 is 1.41 bits per heavy atom. The molecule has 1 aliphatic rings.